The Morgan fingerprint density at radius 1 is 0.412 bits per heavy atom. The lowest BCUT2D eigenvalue weighted by atomic mass is 9.82. The van der Waals surface area contributed by atoms with Crippen LogP contribution in [0.4, 0.5) is 17.1 Å². The minimum absolute atomic E-state index is 0.0972. The van der Waals surface area contributed by atoms with Crippen molar-refractivity contribution in [1.29, 1.82) is 0 Å². The molecule has 0 amide bonds. The topological polar surface area (TPSA) is 3.24 Å². The third kappa shape index (κ3) is 4.60. The molecule has 0 saturated carbocycles. The monoisotopic (exact) mass is 669 g/mol. The summed E-state index contributed by atoms with van der Waals surface area (Å²) in [6, 6.07) is 64.7. The van der Waals surface area contributed by atoms with Crippen molar-refractivity contribution >= 4 is 59.3 Å². The summed E-state index contributed by atoms with van der Waals surface area (Å²) in [4.78, 5) is 2.52. The molecule has 10 rings (SSSR count). The van der Waals surface area contributed by atoms with E-state index in [0.717, 1.165) is 5.69 Å². The zero-order chi connectivity index (χ0) is 34.1. The Labute approximate surface area is 302 Å². The Kier molecular flexibility index (Phi) is 6.78. The first-order valence-corrected chi connectivity index (χ1v) is 18.5. The van der Waals surface area contributed by atoms with Crippen LogP contribution in [0.2, 0.25) is 0 Å². The van der Waals surface area contributed by atoms with Gasteiger partial charge in [0.15, 0.2) is 0 Å². The van der Waals surface area contributed by atoms with Gasteiger partial charge in [-0.25, -0.2) is 0 Å². The van der Waals surface area contributed by atoms with Gasteiger partial charge in [-0.1, -0.05) is 166 Å². The van der Waals surface area contributed by atoms with Crippen molar-refractivity contribution in [2.24, 2.45) is 0 Å². The Balaban J connectivity index is 1.23. The average molecular weight is 670 g/mol. The van der Waals surface area contributed by atoms with Crippen LogP contribution < -0.4 is 4.90 Å². The van der Waals surface area contributed by atoms with E-state index in [-0.39, 0.29) is 5.41 Å². The normalized spacial score (nSPS) is 13.1. The number of fused-ring (bicyclic) bond motifs is 7. The predicted octanol–water partition coefficient (Wildman–Crippen LogP) is 14.3. The molecule has 0 N–H and O–H groups in total. The third-order valence-corrected chi connectivity index (χ3v) is 12.2. The molecule has 0 saturated heterocycles. The van der Waals surface area contributed by atoms with Gasteiger partial charge in [0.05, 0.1) is 16.1 Å². The molecule has 1 nitrogen and oxygen atoms in total. The zero-order valence-corrected chi connectivity index (χ0v) is 29.4. The lowest BCUT2D eigenvalue weighted by Crippen LogP contribution is -2.16. The number of hydrogen-bond donors (Lipinski definition) is 0. The highest BCUT2D eigenvalue weighted by atomic mass is 32.1. The van der Waals surface area contributed by atoms with Crippen LogP contribution in [0.5, 0.6) is 0 Å². The summed E-state index contributed by atoms with van der Waals surface area (Å²) in [6.45, 7) is 4.73. The lowest BCUT2D eigenvalue weighted by molar-refractivity contribution is 0.660. The van der Waals surface area contributed by atoms with Crippen molar-refractivity contribution in [3.63, 3.8) is 0 Å². The second kappa shape index (κ2) is 11.6. The first-order chi connectivity index (χ1) is 25.1. The average Bonchev–Trinajstić information content (AvgIpc) is 3.69. The van der Waals surface area contributed by atoms with Crippen molar-refractivity contribution in [2.75, 3.05) is 4.90 Å². The van der Waals surface area contributed by atoms with E-state index in [4.69, 9.17) is 0 Å². The first kappa shape index (κ1) is 29.9. The van der Waals surface area contributed by atoms with E-state index in [0.29, 0.717) is 0 Å². The van der Waals surface area contributed by atoms with Crippen molar-refractivity contribution in [1.82, 2.24) is 0 Å². The highest BCUT2D eigenvalue weighted by Crippen LogP contribution is 2.55. The molecule has 2 heteroatoms. The quantitative estimate of drug-likeness (QED) is 0.176. The summed E-state index contributed by atoms with van der Waals surface area (Å²) in [5.41, 5.74) is 13.8. The highest BCUT2D eigenvalue weighted by molar-refractivity contribution is 7.27. The molecule has 8 aromatic carbocycles. The third-order valence-electron chi connectivity index (χ3n) is 10.9. The molecule has 1 aliphatic carbocycles. The molecule has 0 radical (unpaired) electrons. The first-order valence-electron chi connectivity index (χ1n) is 17.7. The minimum Gasteiger partial charge on any atom is -0.308 e. The van der Waals surface area contributed by atoms with Gasteiger partial charge in [0.25, 0.3) is 0 Å². The maximum Gasteiger partial charge on any atom is 0.0640 e. The molecule has 51 heavy (non-hydrogen) atoms. The summed E-state index contributed by atoms with van der Waals surface area (Å²) >= 11 is 1.91. The smallest absolute Gasteiger partial charge is 0.0640 e. The molecule has 242 valence electrons. The van der Waals surface area contributed by atoms with E-state index in [1.54, 1.807) is 0 Å². The van der Waals surface area contributed by atoms with Gasteiger partial charge >= 0.3 is 0 Å². The molecule has 0 bridgehead atoms. The molecule has 0 fully saturated rings. The Hall–Kier alpha value is -5.96. The Morgan fingerprint density at radius 3 is 1.84 bits per heavy atom. The Bertz CT molecular complexity index is 2770. The van der Waals surface area contributed by atoms with Crippen molar-refractivity contribution < 1.29 is 0 Å². The van der Waals surface area contributed by atoms with E-state index in [1.807, 2.05) is 11.3 Å². The van der Waals surface area contributed by atoms with Crippen LogP contribution in [0.25, 0.3) is 64.3 Å². The van der Waals surface area contributed by atoms with E-state index < -0.39 is 0 Å². The second-order valence-electron chi connectivity index (χ2n) is 14.1. The molecule has 0 spiro atoms. The van der Waals surface area contributed by atoms with Crippen molar-refractivity contribution in [3.05, 3.63) is 187 Å². The van der Waals surface area contributed by atoms with E-state index in [1.165, 1.54) is 86.8 Å². The fraction of sp³-hybridized carbons (Fsp3) is 0.0612. The minimum atomic E-state index is -0.0972. The molecule has 9 aromatic rings. The van der Waals surface area contributed by atoms with Crippen LogP contribution in [0.3, 0.4) is 0 Å². The molecule has 0 aliphatic heterocycles. The summed E-state index contributed by atoms with van der Waals surface area (Å²) in [5, 5.41) is 5.12. The fourth-order valence-electron chi connectivity index (χ4n) is 8.42. The van der Waals surface area contributed by atoms with Gasteiger partial charge in [-0.05, 0) is 74.0 Å². The maximum absolute atomic E-state index is 2.52. The number of thiophene rings is 1. The van der Waals surface area contributed by atoms with Gasteiger partial charge in [-0.3, -0.25) is 0 Å². The predicted molar refractivity (Wildman–Crippen MR) is 220 cm³/mol. The SMILES string of the molecule is CC1(C)c2ccccc2-c2c(N(c3ccc(-c4cccc5ccccc45)cc3)c3cccc4c3sc3c(-c5ccccc5)cccc34)cccc21. The summed E-state index contributed by atoms with van der Waals surface area (Å²) in [7, 11) is 0. The highest BCUT2D eigenvalue weighted by Gasteiger charge is 2.38. The molecule has 0 atom stereocenters. The fourth-order valence-corrected chi connectivity index (χ4v) is 9.76. The van der Waals surface area contributed by atoms with Crippen LogP contribution in [0, 0.1) is 0 Å². The number of benzene rings is 8. The van der Waals surface area contributed by atoms with Gasteiger partial charge in [-0.15, -0.1) is 11.3 Å². The van der Waals surface area contributed by atoms with E-state index >= 15 is 0 Å². The van der Waals surface area contributed by atoms with Crippen LogP contribution >= 0.6 is 11.3 Å². The molecule has 1 aliphatic rings. The van der Waals surface area contributed by atoms with Crippen LogP contribution in [-0.2, 0) is 5.41 Å². The number of nitrogens with zero attached hydrogens (tertiary/aromatic N) is 1. The second-order valence-corrected chi connectivity index (χ2v) is 15.1. The van der Waals surface area contributed by atoms with Crippen molar-refractivity contribution in [2.45, 2.75) is 19.3 Å². The lowest BCUT2D eigenvalue weighted by Gasteiger charge is -2.29. The van der Waals surface area contributed by atoms with Crippen LogP contribution in [0.1, 0.15) is 25.0 Å². The summed E-state index contributed by atoms with van der Waals surface area (Å²) in [5.74, 6) is 0. The molecule has 1 heterocycles. The summed E-state index contributed by atoms with van der Waals surface area (Å²) in [6.07, 6.45) is 0. The van der Waals surface area contributed by atoms with Gasteiger partial charge in [-0.2, -0.15) is 0 Å². The van der Waals surface area contributed by atoms with Gasteiger partial charge < -0.3 is 4.90 Å². The van der Waals surface area contributed by atoms with E-state index in [9.17, 15) is 0 Å². The van der Waals surface area contributed by atoms with Crippen molar-refractivity contribution in [3.8, 4) is 33.4 Å². The maximum atomic E-state index is 2.52. The molecular formula is C49H35NS. The molecular weight excluding hydrogens is 635 g/mol. The molecule has 0 unspecified atom stereocenters. The standard InChI is InChI=1S/C49H35NS/c1-49(2)42-24-9-8-19-41(42)46-43(49)25-13-26-44(46)50(35-30-28-34(29-31-35)37-20-10-17-32-16-6-7-18-36(32)37)45-27-12-23-40-39-22-11-21-38(47(39)51-48(40)45)33-14-4-3-5-15-33/h3-31H,1-2H3. The summed E-state index contributed by atoms with van der Waals surface area (Å²) < 4.78 is 2.61. The van der Waals surface area contributed by atoms with Crippen LogP contribution in [0.15, 0.2) is 176 Å². The Morgan fingerprint density at radius 2 is 0.980 bits per heavy atom. The number of rotatable bonds is 5. The number of anilines is 3. The largest absolute Gasteiger partial charge is 0.308 e. The number of hydrogen-bond acceptors (Lipinski definition) is 2. The molecule has 1 aromatic heterocycles. The van der Waals surface area contributed by atoms with Crippen LogP contribution in [-0.4, -0.2) is 0 Å². The van der Waals surface area contributed by atoms with E-state index in [2.05, 4.69) is 195 Å². The van der Waals surface area contributed by atoms with Gasteiger partial charge in [0, 0.05) is 32.1 Å². The van der Waals surface area contributed by atoms with Gasteiger partial charge in [0.1, 0.15) is 0 Å². The van der Waals surface area contributed by atoms with Gasteiger partial charge in [0.2, 0.25) is 0 Å². The zero-order valence-electron chi connectivity index (χ0n) is 28.6.